The van der Waals surface area contributed by atoms with Crippen LogP contribution in [0.1, 0.15) is 65.2 Å². The first kappa shape index (κ1) is 14.8. The lowest BCUT2D eigenvalue weighted by Gasteiger charge is -2.45. The summed E-state index contributed by atoms with van der Waals surface area (Å²) >= 11 is 0. The van der Waals surface area contributed by atoms with E-state index in [1.54, 1.807) is 0 Å². The first-order valence-corrected chi connectivity index (χ1v) is 8.08. The maximum atomic E-state index is 11.6. The molecule has 2 aliphatic rings. The molecule has 3 nitrogen and oxygen atoms in total. The van der Waals surface area contributed by atoms with Crippen LogP contribution in [0.25, 0.3) is 0 Å². The molecule has 1 aliphatic carbocycles. The third-order valence-electron chi connectivity index (χ3n) is 5.59. The molecule has 0 aromatic heterocycles. The molecule has 1 saturated heterocycles. The summed E-state index contributed by atoms with van der Waals surface area (Å²) in [5.41, 5.74) is -0.475. The van der Waals surface area contributed by atoms with Crippen molar-refractivity contribution in [3.8, 4) is 0 Å². The summed E-state index contributed by atoms with van der Waals surface area (Å²) < 4.78 is 0. The van der Waals surface area contributed by atoms with Gasteiger partial charge in [-0.2, -0.15) is 0 Å². The molecule has 3 atom stereocenters. The van der Waals surface area contributed by atoms with Crippen molar-refractivity contribution in [1.29, 1.82) is 0 Å². The maximum Gasteiger partial charge on any atom is 0.310 e. The standard InChI is InChI=1S/C16H29NO2/c1-3-13-7-5-8-14(11-13)17-10-6-9-16(4-2,12-17)15(18)19/h13-14H,3-12H2,1-2H3,(H,18,19). The van der Waals surface area contributed by atoms with E-state index in [0.717, 1.165) is 38.3 Å². The van der Waals surface area contributed by atoms with Gasteiger partial charge in [0, 0.05) is 12.6 Å². The van der Waals surface area contributed by atoms with Crippen LogP contribution in [0.2, 0.25) is 0 Å². The van der Waals surface area contributed by atoms with Gasteiger partial charge in [0.2, 0.25) is 0 Å². The molecule has 1 aliphatic heterocycles. The van der Waals surface area contributed by atoms with E-state index in [4.69, 9.17) is 0 Å². The number of hydrogen-bond acceptors (Lipinski definition) is 2. The lowest BCUT2D eigenvalue weighted by Crippen LogP contribution is -2.52. The van der Waals surface area contributed by atoms with Crippen molar-refractivity contribution in [1.82, 2.24) is 4.90 Å². The zero-order valence-corrected chi connectivity index (χ0v) is 12.5. The topological polar surface area (TPSA) is 40.5 Å². The smallest absolute Gasteiger partial charge is 0.310 e. The number of carbonyl (C=O) groups is 1. The molecular formula is C16H29NO2. The Kier molecular flexibility index (Phi) is 4.88. The first-order valence-electron chi connectivity index (χ1n) is 8.08. The number of rotatable bonds is 4. The molecule has 0 radical (unpaired) electrons. The van der Waals surface area contributed by atoms with Crippen molar-refractivity contribution >= 4 is 5.97 Å². The fraction of sp³-hybridized carbons (Fsp3) is 0.938. The van der Waals surface area contributed by atoms with E-state index in [0.29, 0.717) is 6.04 Å². The van der Waals surface area contributed by atoms with Crippen LogP contribution in [0.15, 0.2) is 0 Å². The molecule has 2 rings (SSSR count). The summed E-state index contributed by atoms with van der Waals surface area (Å²) in [6.07, 6.45) is 9.22. The van der Waals surface area contributed by atoms with Gasteiger partial charge in [-0.05, 0) is 44.6 Å². The highest BCUT2D eigenvalue weighted by Gasteiger charge is 2.42. The van der Waals surface area contributed by atoms with Crippen LogP contribution >= 0.6 is 0 Å². The summed E-state index contributed by atoms with van der Waals surface area (Å²) in [6.45, 7) is 6.21. The molecule has 0 aromatic rings. The monoisotopic (exact) mass is 267 g/mol. The van der Waals surface area contributed by atoms with E-state index < -0.39 is 11.4 Å². The largest absolute Gasteiger partial charge is 0.481 e. The van der Waals surface area contributed by atoms with Crippen LogP contribution in [-0.2, 0) is 4.79 Å². The van der Waals surface area contributed by atoms with Crippen molar-refractivity contribution in [2.45, 2.75) is 71.3 Å². The number of aliphatic carboxylic acids is 1. The highest BCUT2D eigenvalue weighted by Crippen LogP contribution is 2.38. The third-order valence-corrected chi connectivity index (χ3v) is 5.59. The molecule has 1 saturated carbocycles. The lowest BCUT2D eigenvalue weighted by atomic mass is 9.75. The van der Waals surface area contributed by atoms with E-state index in [1.165, 1.54) is 32.1 Å². The molecule has 19 heavy (non-hydrogen) atoms. The Morgan fingerprint density at radius 2 is 2.11 bits per heavy atom. The summed E-state index contributed by atoms with van der Waals surface area (Å²) in [4.78, 5) is 14.1. The first-order chi connectivity index (χ1) is 9.11. The SMILES string of the molecule is CCC1CCCC(N2CCCC(CC)(C(=O)O)C2)C1. The van der Waals surface area contributed by atoms with E-state index in [-0.39, 0.29) is 0 Å². The van der Waals surface area contributed by atoms with E-state index >= 15 is 0 Å². The molecule has 0 amide bonds. The molecule has 110 valence electrons. The maximum absolute atomic E-state index is 11.6. The minimum atomic E-state index is -0.581. The van der Waals surface area contributed by atoms with Crippen LogP contribution < -0.4 is 0 Å². The molecule has 3 heteroatoms. The second-order valence-electron chi connectivity index (χ2n) is 6.61. The predicted molar refractivity (Wildman–Crippen MR) is 77.2 cm³/mol. The summed E-state index contributed by atoms with van der Waals surface area (Å²) in [6, 6.07) is 0.643. The Balaban J connectivity index is 2.02. The number of carboxylic acids is 1. The Morgan fingerprint density at radius 1 is 1.32 bits per heavy atom. The average molecular weight is 267 g/mol. The minimum absolute atomic E-state index is 0.475. The zero-order chi connectivity index (χ0) is 13.9. The van der Waals surface area contributed by atoms with Crippen molar-refractivity contribution in [3.05, 3.63) is 0 Å². The Bertz CT molecular complexity index is 318. The van der Waals surface area contributed by atoms with E-state index in [1.807, 2.05) is 6.92 Å². The van der Waals surface area contributed by atoms with Gasteiger partial charge < -0.3 is 5.11 Å². The quantitative estimate of drug-likeness (QED) is 0.847. The molecule has 2 fully saturated rings. The van der Waals surface area contributed by atoms with Gasteiger partial charge in [-0.25, -0.2) is 0 Å². The molecule has 1 heterocycles. The van der Waals surface area contributed by atoms with Crippen molar-refractivity contribution in [2.24, 2.45) is 11.3 Å². The zero-order valence-electron chi connectivity index (χ0n) is 12.5. The minimum Gasteiger partial charge on any atom is -0.481 e. The fourth-order valence-corrected chi connectivity index (χ4v) is 4.06. The van der Waals surface area contributed by atoms with Crippen molar-refractivity contribution in [3.63, 3.8) is 0 Å². The normalized spacial score (nSPS) is 37.2. The van der Waals surface area contributed by atoms with Crippen LogP contribution in [0.5, 0.6) is 0 Å². The van der Waals surface area contributed by atoms with Gasteiger partial charge in [-0.15, -0.1) is 0 Å². The molecule has 0 aromatic carbocycles. The second-order valence-corrected chi connectivity index (χ2v) is 6.61. The van der Waals surface area contributed by atoms with Crippen LogP contribution in [-0.4, -0.2) is 35.1 Å². The Morgan fingerprint density at radius 3 is 2.74 bits per heavy atom. The highest BCUT2D eigenvalue weighted by molar-refractivity contribution is 5.75. The van der Waals surface area contributed by atoms with Crippen molar-refractivity contribution < 1.29 is 9.90 Å². The number of hydrogen-bond donors (Lipinski definition) is 1. The predicted octanol–water partition coefficient (Wildman–Crippen LogP) is 3.53. The Labute approximate surface area is 117 Å². The summed E-state index contributed by atoms with van der Waals surface area (Å²) in [7, 11) is 0. The molecular weight excluding hydrogens is 238 g/mol. The van der Waals surface area contributed by atoms with E-state index in [9.17, 15) is 9.90 Å². The highest BCUT2D eigenvalue weighted by atomic mass is 16.4. The Hall–Kier alpha value is -0.570. The second kappa shape index (κ2) is 6.25. The van der Waals surface area contributed by atoms with Gasteiger partial charge in [0.1, 0.15) is 0 Å². The molecule has 1 N–H and O–H groups in total. The number of nitrogens with zero attached hydrogens (tertiary/aromatic N) is 1. The number of carboxylic acid groups (broad SMARTS) is 1. The molecule has 3 unspecified atom stereocenters. The summed E-state index contributed by atoms with van der Waals surface area (Å²) in [5, 5.41) is 9.58. The molecule has 0 spiro atoms. The van der Waals surface area contributed by atoms with Crippen molar-refractivity contribution in [2.75, 3.05) is 13.1 Å². The van der Waals surface area contributed by atoms with Gasteiger partial charge in [-0.3, -0.25) is 9.69 Å². The third kappa shape index (κ3) is 3.13. The summed E-state index contributed by atoms with van der Waals surface area (Å²) in [5.74, 6) is 0.282. The average Bonchev–Trinajstić information content (AvgIpc) is 2.47. The number of piperidine rings is 1. The fourth-order valence-electron chi connectivity index (χ4n) is 4.06. The van der Waals surface area contributed by atoms with Gasteiger partial charge in [-0.1, -0.05) is 33.1 Å². The van der Waals surface area contributed by atoms with Crippen LogP contribution in [0.3, 0.4) is 0 Å². The van der Waals surface area contributed by atoms with E-state index in [2.05, 4.69) is 11.8 Å². The lowest BCUT2D eigenvalue weighted by molar-refractivity contribution is -0.153. The van der Waals surface area contributed by atoms with Gasteiger partial charge >= 0.3 is 5.97 Å². The van der Waals surface area contributed by atoms with Gasteiger partial charge in [0.05, 0.1) is 5.41 Å². The van der Waals surface area contributed by atoms with Crippen LogP contribution in [0, 0.1) is 11.3 Å². The van der Waals surface area contributed by atoms with Crippen LogP contribution in [0.4, 0.5) is 0 Å². The molecule has 0 bridgehead atoms. The van der Waals surface area contributed by atoms with Gasteiger partial charge in [0.25, 0.3) is 0 Å². The van der Waals surface area contributed by atoms with Gasteiger partial charge in [0.15, 0.2) is 0 Å². The number of likely N-dealkylation sites (tertiary alicyclic amines) is 1.